The maximum atomic E-state index is 13.4. The number of anilines is 1. The van der Waals surface area contributed by atoms with Gasteiger partial charge in [0.15, 0.2) is 17.3 Å². The van der Waals surface area contributed by atoms with E-state index in [2.05, 4.69) is 5.10 Å². The van der Waals surface area contributed by atoms with E-state index in [9.17, 15) is 26.7 Å². The molecule has 0 bridgehead atoms. The average molecular weight is 345 g/mol. The fourth-order valence-electron chi connectivity index (χ4n) is 2.66. The summed E-state index contributed by atoms with van der Waals surface area (Å²) in [4.78, 5) is 13.6. The predicted octanol–water partition coefficient (Wildman–Crippen LogP) is 3.16. The first-order valence-electron chi connectivity index (χ1n) is 7.14. The fourth-order valence-corrected chi connectivity index (χ4v) is 2.66. The van der Waals surface area contributed by atoms with E-state index in [-0.39, 0.29) is 12.2 Å². The number of benzene rings is 1. The molecule has 1 amide bonds. The molecule has 0 saturated heterocycles. The molecule has 0 spiro atoms. The zero-order valence-corrected chi connectivity index (χ0v) is 12.3. The molecule has 1 aliphatic rings. The maximum absolute atomic E-state index is 13.4. The summed E-state index contributed by atoms with van der Waals surface area (Å²) in [5.74, 6) is -2.62. The number of alkyl halides is 3. The quantitative estimate of drug-likeness (QED) is 0.785. The van der Waals surface area contributed by atoms with E-state index in [0.29, 0.717) is 18.4 Å². The lowest BCUT2D eigenvalue weighted by molar-refractivity contribution is -0.141. The Kier molecular flexibility index (Phi) is 4.02. The van der Waals surface area contributed by atoms with E-state index in [1.807, 2.05) is 0 Å². The Bertz CT molecular complexity index is 784. The number of aromatic nitrogens is 2. The Morgan fingerprint density at radius 2 is 1.92 bits per heavy atom. The van der Waals surface area contributed by atoms with Crippen LogP contribution in [0.25, 0.3) is 0 Å². The van der Waals surface area contributed by atoms with Gasteiger partial charge in [-0.1, -0.05) is 0 Å². The monoisotopic (exact) mass is 345 g/mol. The SMILES string of the molecule is O=C(Cn1ccc(C(F)(F)F)n1)N1CCCc2cc(F)c(F)cc21. The van der Waals surface area contributed by atoms with Gasteiger partial charge in [0.25, 0.3) is 0 Å². The lowest BCUT2D eigenvalue weighted by atomic mass is 10.0. The zero-order valence-electron chi connectivity index (χ0n) is 12.3. The molecular formula is C15H12F5N3O. The van der Waals surface area contributed by atoms with Crippen LogP contribution in [0.1, 0.15) is 17.7 Å². The lowest BCUT2D eigenvalue weighted by Gasteiger charge is -2.29. The largest absolute Gasteiger partial charge is 0.435 e. The van der Waals surface area contributed by atoms with Crippen molar-refractivity contribution in [2.24, 2.45) is 0 Å². The smallest absolute Gasteiger partial charge is 0.310 e. The van der Waals surface area contributed by atoms with Crippen LogP contribution in [-0.4, -0.2) is 22.2 Å². The summed E-state index contributed by atoms with van der Waals surface area (Å²) in [5, 5.41) is 3.31. The van der Waals surface area contributed by atoms with Gasteiger partial charge in [0.1, 0.15) is 6.54 Å². The minimum Gasteiger partial charge on any atom is -0.310 e. The van der Waals surface area contributed by atoms with Crippen LogP contribution >= 0.6 is 0 Å². The van der Waals surface area contributed by atoms with Crippen molar-refractivity contribution in [3.05, 3.63) is 47.3 Å². The highest BCUT2D eigenvalue weighted by Crippen LogP contribution is 2.30. The molecule has 24 heavy (non-hydrogen) atoms. The summed E-state index contributed by atoms with van der Waals surface area (Å²) in [6, 6.07) is 2.75. The maximum Gasteiger partial charge on any atom is 0.435 e. The summed E-state index contributed by atoms with van der Waals surface area (Å²) in [5.41, 5.74) is -0.360. The molecule has 2 heterocycles. The number of fused-ring (bicyclic) bond motifs is 1. The second kappa shape index (κ2) is 5.88. The first kappa shape index (κ1) is 16.4. The lowest BCUT2D eigenvalue weighted by Crippen LogP contribution is -2.38. The molecule has 0 unspecified atom stereocenters. The van der Waals surface area contributed by atoms with Gasteiger partial charge in [-0.15, -0.1) is 0 Å². The molecule has 0 N–H and O–H groups in total. The van der Waals surface area contributed by atoms with Crippen LogP contribution in [0, 0.1) is 11.6 Å². The number of amides is 1. The molecule has 0 aliphatic carbocycles. The van der Waals surface area contributed by atoms with Crippen molar-refractivity contribution < 1.29 is 26.7 Å². The van der Waals surface area contributed by atoms with Gasteiger partial charge < -0.3 is 4.90 Å². The fraction of sp³-hybridized carbons (Fsp3) is 0.333. The van der Waals surface area contributed by atoms with Gasteiger partial charge in [-0.05, 0) is 30.5 Å². The van der Waals surface area contributed by atoms with E-state index >= 15 is 0 Å². The van der Waals surface area contributed by atoms with Gasteiger partial charge >= 0.3 is 6.18 Å². The number of hydrogen-bond donors (Lipinski definition) is 0. The first-order valence-corrected chi connectivity index (χ1v) is 7.14. The van der Waals surface area contributed by atoms with E-state index in [1.54, 1.807) is 0 Å². The third-order valence-corrected chi connectivity index (χ3v) is 3.77. The van der Waals surface area contributed by atoms with E-state index in [0.717, 1.165) is 29.1 Å². The normalized spacial score (nSPS) is 14.6. The molecule has 4 nitrogen and oxygen atoms in total. The van der Waals surface area contributed by atoms with Crippen LogP contribution in [-0.2, 0) is 23.9 Å². The summed E-state index contributed by atoms with van der Waals surface area (Å²) in [6.07, 6.45) is -2.49. The number of aryl methyl sites for hydroxylation is 1. The molecule has 0 fully saturated rings. The molecule has 1 aromatic heterocycles. The van der Waals surface area contributed by atoms with Crippen molar-refractivity contribution in [2.45, 2.75) is 25.6 Å². The summed E-state index contributed by atoms with van der Waals surface area (Å²) in [7, 11) is 0. The van der Waals surface area contributed by atoms with Crippen molar-refractivity contribution in [2.75, 3.05) is 11.4 Å². The number of carbonyl (C=O) groups is 1. The number of rotatable bonds is 2. The minimum atomic E-state index is -4.59. The zero-order chi connectivity index (χ0) is 17.5. The molecule has 0 saturated carbocycles. The van der Waals surface area contributed by atoms with Crippen molar-refractivity contribution >= 4 is 11.6 Å². The van der Waals surface area contributed by atoms with Crippen molar-refractivity contribution in [1.82, 2.24) is 9.78 Å². The Labute approximate surface area is 133 Å². The second-order valence-corrected chi connectivity index (χ2v) is 5.44. The molecule has 1 aromatic carbocycles. The molecule has 9 heteroatoms. The summed E-state index contributed by atoms with van der Waals surface area (Å²) < 4.78 is 65.2. The van der Waals surface area contributed by atoms with Crippen molar-refractivity contribution in [3.8, 4) is 0 Å². The van der Waals surface area contributed by atoms with Gasteiger partial charge in [0.05, 0.1) is 0 Å². The third-order valence-electron chi connectivity index (χ3n) is 3.77. The van der Waals surface area contributed by atoms with Crippen LogP contribution in [0.5, 0.6) is 0 Å². The van der Waals surface area contributed by atoms with Gasteiger partial charge in [0.2, 0.25) is 5.91 Å². The average Bonchev–Trinajstić information content (AvgIpc) is 2.96. The molecule has 128 valence electrons. The van der Waals surface area contributed by atoms with Gasteiger partial charge in [-0.2, -0.15) is 18.3 Å². The van der Waals surface area contributed by atoms with Gasteiger partial charge in [-0.3, -0.25) is 9.48 Å². The Morgan fingerprint density at radius 3 is 2.58 bits per heavy atom. The second-order valence-electron chi connectivity index (χ2n) is 5.44. The van der Waals surface area contributed by atoms with Crippen LogP contribution < -0.4 is 4.90 Å². The Morgan fingerprint density at radius 1 is 1.21 bits per heavy atom. The van der Waals surface area contributed by atoms with Gasteiger partial charge in [-0.25, -0.2) is 8.78 Å². The standard InChI is InChI=1S/C15H12F5N3O/c16-10-6-9-2-1-4-23(12(9)7-11(10)17)14(24)8-22-5-3-13(21-22)15(18,19)20/h3,5-7H,1-2,4,8H2. The first-order chi connectivity index (χ1) is 11.3. The van der Waals surface area contributed by atoms with Crippen LogP contribution in [0.3, 0.4) is 0 Å². The van der Waals surface area contributed by atoms with Crippen LogP contribution in [0.2, 0.25) is 0 Å². The van der Waals surface area contributed by atoms with E-state index in [4.69, 9.17) is 0 Å². The Hall–Kier alpha value is -2.45. The third kappa shape index (κ3) is 3.10. The molecule has 0 atom stereocenters. The van der Waals surface area contributed by atoms with Crippen LogP contribution in [0.15, 0.2) is 24.4 Å². The highest BCUT2D eigenvalue weighted by molar-refractivity contribution is 5.94. The number of nitrogens with zero attached hydrogens (tertiary/aromatic N) is 3. The summed E-state index contributed by atoms with van der Waals surface area (Å²) >= 11 is 0. The van der Waals surface area contributed by atoms with Crippen molar-refractivity contribution in [3.63, 3.8) is 0 Å². The topological polar surface area (TPSA) is 38.1 Å². The number of hydrogen-bond acceptors (Lipinski definition) is 2. The number of carbonyl (C=O) groups excluding carboxylic acids is 1. The van der Waals surface area contributed by atoms with Crippen LogP contribution in [0.4, 0.5) is 27.6 Å². The van der Waals surface area contributed by atoms with Crippen molar-refractivity contribution in [1.29, 1.82) is 0 Å². The highest BCUT2D eigenvalue weighted by atomic mass is 19.4. The van der Waals surface area contributed by atoms with E-state index in [1.165, 1.54) is 4.90 Å². The predicted molar refractivity (Wildman–Crippen MR) is 74.3 cm³/mol. The van der Waals surface area contributed by atoms with Gasteiger partial charge in [0, 0.05) is 24.5 Å². The van der Waals surface area contributed by atoms with E-state index < -0.39 is 36.0 Å². The molecule has 1 aliphatic heterocycles. The molecular weight excluding hydrogens is 333 g/mol. The highest BCUT2D eigenvalue weighted by Gasteiger charge is 2.34. The Balaban J connectivity index is 1.82. The number of halogens is 5. The summed E-state index contributed by atoms with van der Waals surface area (Å²) in [6.45, 7) is -0.140. The molecule has 3 rings (SSSR count). The minimum absolute atomic E-state index is 0.244. The molecule has 2 aromatic rings. The molecule has 0 radical (unpaired) electrons.